The van der Waals surface area contributed by atoms with Crippen molar-refractivity contribution in [3.8, 4) is 5.75 Å². The molecule has 0 amide bonds. The molecule has 0 bridgehead atoms. The molecule has 18 heavy (non-hydrogen) atoms. The van der Waals surface area contributed by atoms with Crippen LogP contribution in [-0.4, -0.2) is 28.4 Å². The van der Waals surface area contributed by atoms with Crippen LogP contribution in [0.1, 0.15) is 32.3 Å². The van der Waals surface area contributed by atoms with E-state index in [1.807, 2.05) is 0 Å². The molecule has 0 heterocycles. The molecular weight excluding hydrogens is 232 g/mol. The van der Waals surface area contributed by atoms with E-state index in [0.29, 0.717) is 19.4 Å². The first-order valence-corrected chi connectivity index (χ1v) is 6.09. The Morgan fingerprint density at radius 2 is 1.94 bits per heavy atom. The lowest BCUT2D eigenvalue weighted by Gasteiger charge is -2.22. The minimum Gasteiger partial charge on any atom is -0.508 e. The molecule has 0 saturated heterocycles. The predicted molar refractivity (Wildman–Crippen MR) is 68.3 cm³/mol. The topological polar surface area (TPSA) is 66.8 Å². The molecule has 4 heteroatoms. The number of hydrogen-bond acceptors (Lipinski definition) is 4. The van der Waals surface area contributed by atoms with Crippen molar-refractivity contribution >= 4 is 5.97 Å². The van der Waals surface area contributed by atoms with Crippen LogP contribution in [0.5, 0.6) is 5.75 Å². The van der Waals surface area contributed by atoms with Gasteiger partial charge in [0, 0.05) is 0 Å². The fourth-order valence-corrected chi connectivity index (χ4v) is 1.69. The lowest BCUT2D eigenvalue weighted by Crippen LogP contribution is -2.29. The number of aryl methyl sites for hydroxylation is 1. The number of rotatable bonds is 6. The first kappa shape index (κ1) is 14.5. The van der Waals surface area contributed by atoms with Crippen molar-refractivity contribution in [1.82, 2.24) is 0 Å². The fraction of sp³-hybridized carbons (Fsp3) is 0.500. The van der Waals surface area contributed by atoms with Crippen molar-refractivity contribution in [2.45, 2.75) is 38.7 Å². The van der Waals surface area contributed by atoms with Gasteiger partial charge in [-0.2, -0.15) is 0 Å². The molecule has 1 aromatic carbocycles. The molecule has 1 unspecified atom stereocenters. The molecule has 1 rings (SSSR count). The number of benzene rings is 1. The Morgan fingerprint density at radius 3 is 2.50 bits per heavy atom. The number of phenolic OH excluding ortho intramolecular Hbond substituents is 1. The molecule has 0 spiro atoms. The lowest BCUT2D eigenvalue weighted by molar-refractivity contribution is -0.148. The number of esters is 1. The van der Waals surface area contributed by atoms with E-state index in [-0.39, 0.29) is 18.1 Å². The number of carbonyl (C=O) groups excluding carboxylic acids is 1. The van der Waals surface area contributed by atoms with Gasteiger partial charge in [-0.1, -0.05) is 12.1 Å². The normalized spacial score (nSPS) is 13.9. The molecular formula is C14H20O4. The van der Waals surface area contributed by atoms with Gasteiger partial charge in [-0.05, 0) is 44.4 Å². The summed E-state index contributed by atoms with van der Waals surface area (Å²) < 4.78 is 4.81. The second-order valence-corrected chi connectivity index (χ2v) is 4.65. The van der Waals surface area contributed by atoms with Crippen LogP contribution in [-0.2, 0) is 16.0 Å². The Hall–Kier alpha value is -1.55. The molecule has 2 N–H and O–H groups in total. The maximum atomic E-state index is 11.3. The molecule has 100 valence electrons. The van der Waals surface area contributed by atoms with Gasteiger partial charge in [0.1, 0.15) is 5.75 Å². The third-order valence-corrected chi connectivity index (χ3v) is 2.72. The van der Waals surface area contributed by atoms with E-state index in [4.69, 9.17) is 9.84 Å². The smallest absolute Gasteiger partial charge is 0.308 e. The Kier molecular flexibility index (Phi) is 5.16. The molecule has 0 aliphatic rings. The average molecular weight is 252 g/mol. The number of ether oxygens (including phenoxy) is 1. The summed E-state index contributed by atoms with van der Waals surface area (Å²) in [5.41, 5.74) is -0.0543. The van der Waals surface area contributed by atoms with Crippen LogP contribution in [0.4, 0.5) is 0 Å². The SMILES string of the molecule is CCOC(=O)CC(C)(O)CCc1ccc(O)cc1. The first-order chi connectivity index (χ1) is 8.43. The summed E-state index contributed by atoms with van der Waals surface area (Å²) in [4.78, 5) is 11.3. The van der Waals surface area contributed by atoms with Crippen molar-refractivity contribution in [2.24, 2.45) is 0 Å². The van der Waals surface area contributed by atoms with Crippen LogP contribution in [0.2, 0.25) is 0 Å². The van der Waals surface area contributed by atoms with Gasteiger partial charge < -0.3 is 14.9 Å². The van der Waals surface area contributed by atoms with Gasteiger partial charge in [-0.3, -0.25) is 4.79 Å². The summed E-state index contributed by atoms with van der Waals surface area (Å²) in [6.07, 6.45) is 1.11. The van der Waals surface area contributed by atoms with Crippen molar-refractivity contribution < 1.29 is 19.7 Å². The van der Waals surface area contributed by atoms with E-state index in [1.165, 1.54) is 0 Å². The minimum atomic E-state index is -1.07. The fourth-order valence-electron chi connectivity index (χ4n) is 1.69. The predicted octanol–water partition coefficient (Wildman–Crippen LogP) is 2.03. The number of phenols is 1. The Labute approximate surface area is 107 Å². The summed E-state index contributed by atoms with van der Waals surface area (Å²) in [5.74, 6) is -0.162. The second kappa shape index (κ2) is 6.40. The van der Waals surface area contributed by atoms with Crippen LogP contribution in [0.25, 0.3) is 0 Å². The van der Waals surface area contributed by atoms with Crippen molar-refractivity contribution in [3.63, 3.8) is 0 Å². The first-order valence-electron chi connectivity index (χ1n) is 6.09. The summed E-state index contributed by atoms with van der Waals surface area (Å²) in [6, 6.07) is 6.82. The van der Waals surface area contributed by atoms with E-state index in [0.717, 1.165) is 5.56 Å². The minimum absolute atomic E-state index is 0.00107. The van der Waals surface area contributed by atoms with E-state index >= 15 is 0 Å². The quantitative estimate of drug-likeness (QED) is 0.760. The van der Waals surface area contributed by atoms with E-state index in [2.05, 4.69) is 0 Å². The zero-order valence-electron chi connectivity index (χ0n) is 10.8. The standard InChI is InChI=1S/C14H20O4/c1-3-18-13(16)10-14(2,17)9-8-11-4-6-12(15)7-5-11/h4-7,15,17H,3,8-10H2,1-2H3. The molecule has 1 aromatic rings. The summed E-state index contributed by atoms with van der Waals surface area (Å²) in [5, 5.41) is 19.2. The van der Waals surface area contributed by atoms with E-state index in [1.54, 1.807) is 38.1 Å². The van der Waals surface area contributed by atoms with E-state index in [9.17, 15) is 9.90 Å². The second-order valence-electron chi connectivity index (χ2n) is 4.65. The number of aromatic hydroxyl groups is 1. The molecule has 1 atom stereocenters. The molecule has 0 aromatic heterocycles. The van der Waals surface area contributed by atoms with Crippen LogP contribution in [0.15, 0.2) is 24.3 Å². The van der Waals surface area contributed by atoms with Crippen molar-refractivity contribution in [1.29, 1.82) is 0 Å². The Bertz CT molecular complexity index is 381. The number of aliphatic hydroxyl groups is 1. The highest BCUT2D eigenvalue weighted by molar-refractivity contribution is 5.70. The van der Waals surface area contributed by atoms with Crippen molar-refractivity contribution in [3.05, 3.63) is 29.8 Å². The number of carbonyl (C=O) groups is 1. The van der Waals surface area contributed by atoms with Gasteiger partial charge in [-0.15, -0.1) is 0 Å². The largest absolute Gasteiger partial charge is 0.508 e. The molecule has 0 saturated carbocycles. The molecule has 0 fully saturated rings. The Balaban J connectivity index is 2.45. The van der Waals surface area contributed by atoms with Crippen LogP contribution >= 0.6 is 0 Å². The lowest BCUT2D eigenvalue weighted by atomic mass is 9.94. The maximum absolute atomic E-state index is 11.3. The van der Waals surface area contributed by atoms with Gasteiger partial charge in [0.25, 0.3) is 0 Å². The highest BCUT2D eigenvalue weighted by atomic mass is 16.5. The summed E-state index contributed by atoms with van der Waals surface area (Å²) in [6.45, 7) is 3.69. The molecule has 4 nitrogen and oxygen atoms in total. The molecule has 0 radical (unpaired) electrons. The van der Waals surface area contributed by atoms with Crippen molar-refractivity contribution in [2.75, 3.05) is 6.61 Å². The van der Waals surface area contributed by atoms with Gasteiger partial charge >= 0.3 is 5.97 Å². The zero-order chi connectivity index (χ0) is 13.6. The monoisotopic (exact) mass is 252 g/mol. The van der Waals surface area contributed by atoms with Crippen LogP contribution in [0, 0.1) is 0 Å². The summed E-state index contributed by atoms with van der Waals surface area (Å²) >= 11 is 0. The molecule has 0 aliphatic carbocycles. The van der Waals surface area contributed by atoms with Crippen LogP contribution < -0.4 is 0 Å². The summed E-state index contributed by atoms with van der Waals surface area (Å²) in [7, 11) is 0. The highest BCUT2D eigenvalue weighted by Crippen LogP contribution is 2.19. The highest BCUT2D eigenvalue weighted by Gasteiger charge is 2.24. The van der Waals surface area contributed by atoms with E-state index < -0.39 is 5.60 Å². The van der Waals surface area contributed by atoms with Crippen LogP contribution in [0.3, 0.4) is 0 Å². The molecule has 0 aliphatic heterocycles. The third kappa shape index (κ3) is 5.19. The van der Waals surface area contributed by atoms with Gasteiger partial charge in [0.05, 0.1) is 18.6 Å². The third-order valence-electron chi connectivity index (χ3n) is 2.72. The van der Waals surface area contributed by atoms with Gasteiger partial charge in [0.2, 0.25) is 0 Å². The zero-order valence-corrected chi connectivity index (χ0v) is 10.8. The Morgan fingerprint density at radius 1 is 1.33 bits per heavy atom. The van der Waals surface area contributed by atoms with Gasteiger partial charge in [-0.25, -0.2) is 0 Å². The average Bonchev–Trinajstić information content (AvgIpc) is 2.28. The number of hydrogen-bond donors (Lipinski definition) is 2. The maximum Gasteiger partial charge on any atom is 0.308 e. The van der Waals surface area contributed by atoms with Gasteiger partial charge in [0.15, 0.2) is 0 Å².